The number of aromatic nitrogens is 2. The standard InChI is InChI=1S/C23H21FN2O3/c24-19-8-9-22(29-14-20-3-1-2-10-28-20)21(11-19)16-4-6-17(7-5-16)23(27)18-12-25-15-26-13-18/h4-9,11-13,15,20H,1-3,10,14H2. The van der Waals surface area contributed by atoms with Crippen LogP contribution in [-0.4, -0.2) is 35.1 Å². The quantitative estimate of drug-likeness (QED) is 0.580. The fourth-order valence-electron chi connectivity index (χ4n) is 3.36. The van der Waals surface area contributed by atoms with E-state index in [9.17, 15) is 9.18 Å². The predicted molar refractivity (Wildman–Crippen MR) is 106 cm³/mol. The number of benzene rings is 2. The van der Waals surface area contributed by atoms with Crippen molar-refractivity contribution in [2.24, 2.45) is 0 Å². The Morgan fingerprint density at radius 3 is 2.59 bits per heavy atom. The summed E-state index contributed by atoms with van der Waals surface area (Å²) in [4.78, 5) is 20.3. The number of ketones is 1. The van der Waals surface area contributed by atoms with Crippen molar-refractivity contribution in [1.29, 1.82) is 0 Å². The first-order valence-corrected chi connectivity index (χ1v) is 9.65. The number of hydrogen-bond donors (Lipinski definition) is 0. The molecule has 2 aromatic carbocycles. The second kappa shape index (κ2) is 8.92. The molecule has 0 radical (unpaired) electrons. The first-order valence-electron chi connectivity index (χ1n) is 9.65. The molecule has 2 heterocycles. The Morgan fingerprint density at radius 2 is 1.86 bits per heavy atom. The molecule has 29 heavy (non-hydrogen) atoms. The molecule has 0 spiro atoms. The van der Waals surface area contributed by atoms with Gasteiger partial charge in [-0.15, -0.1) is 0 Å². The Hall–Kier alpha value is -3.12. The summed E-state index contributed by atoms with van der Waals surface area (Å²) in [5, 5.41) is 0. The molecule has 0 aliphatic carbocycles. The molecule has 1 saturated heterocycles. The van der Waals surface area contributed by atoms with E-state index in [1.54, 1.807) is 30.3 Å². The SMILES string of the molecule is O=C(c1ccc(-c2cc(F)ccc2OCC2CCCCO2)cc1)c1cncnc1. The second-order valence-electron chi connectivity index (χ2n) is 6.97. The third kappa shape index (κ3) is 4.66. The van der Waals surface area contributed by atoms with Gasteiger partial charge in [-0.3, -0.25) is 4.79 Å². The summed E-state index contributed by atoms with van der Waals surface area (Å²) in [6.45, 7) is 1.19. The zero-order valence-electron chi connectivity index (χ0n) is 15.9. The summed E-state index contributed by atoms with van der Waals surface area (Å²) >= 11 is 0. The molecule has 1 atom stereocenters. The molecule has 1 aromatic heterocycles. The highest BCUT2D eigenvalue weighted by atomic mass is 19.1. The normalized spacial score (nSPS) is 16.4. The molecule has 0 N–H and O–H groups in total. The number of ether oxygens (including phenoxy) is 2. The van der Waals surface area contributed by atoms with Crippen molar-refractivity contribution in [2.45, 2.75) is 25.4 Å². The van der Waals surface area contributed by atoms with Gasteiger partial charge in [0.05, 0.1) is 11.7 Å². The molecule has 0 saturated carbocycles. The summed E-state index contributed by atoms with van der Waals surface area (Å²) in [6.07, 6.45) is 7.59. The fraction of sp³-hybridized carbons (Fsp3) is 0.261. The summed E-state index contributed by atoms with van der Waals surface area (Å²) in [6, 6.07) is 11.5. The minimum absolute atomic E-state index is 0.0646. The molecule has 5 nitrogen and oxygen atoms in total. The molecule has 3 aromatic rings. The topological polar surface area (TPSA) is 61.3 Å². The van der Waals surface area contributed by atoms with Crippen LogP contribution < -0.4 is 4.74 Å². The van der Waals surface area contributed by atoms with Crippen LogP contribution in [-0.2, 0) is 4.74 Å². The lowest BCUT2D eigenvalue weighted by Crippen LogP contribution is -2.25. The van der Waals surface area contributed by atoms with Gasteiger partial charge >= 0.3 is 0 Å². The maximum absolute atomic E-state index is 13.9. The summed E-state index contributed by atoms with van der Waals surface area (Å²) < 4.78 is 25.6. The van der Waals surface area contributed by atoms with Gasteiger partial charge in [-0.05, 0) is 43.0 Å². The van der Waals surface area contributed by atoms with Crippen molar-refractivity contribution in [3.63, 3.8) is 0 Å². The van der Waals surface area contributed by atoms with Crippen LogP contribution in [0.1, 0.15) is 35.2 Å². The first kappa shape index (κ1) is 19.2. The molecule has 1 aliphatic heterocycles. The van der Waals surface area contributed by atoms with Gasteiger partial charge in [-0.2, -0.15) is 0 Å². The van der Waals surface area contributed by atoms with Crippen molar-refractivity contribution in [3.05, 3.63) is 78.1 Å². The van der Waals surface area contributed by atoms with Crippen molar-refractivity contribution < 1.29 is 18.7 Å². The number of nitrogens with zero attached hydrogens (tertiary/aromatic N) is 2. The van der Waals surface area contributed by atoms with E-state index in [0.29, 0.717) is 29.0 Å². The van der Waals surface area contributed by atoms with Gasteiger partial charge in [-0.25, -0.2) is 14.4 Å². The van der Waals surface area contributed by atoms with Gasteiger partial charge in [0.1, 0.15) is 24.5 Å². The van der Waals surface area contributed by atoms with Crippen LogP contribution in [0.15, 0.2) is 61.2 Å². The second-order valence-corrected chi connectivity index (χ2v) is 6.97. The highest BCUT2D eigenvalue weighted by Crippen LogP contribution is 2.32. The van der Waals surface area contributed by atoms with E-state index in [0.717, 1.165) is 31.4 Å². The maximum atomic E-state index is 13.9. The maximum Gasteiger partial charge on any atom is 0.196 e. The highest BCUT2D eigenvalue weighted by molar-refractivity contribution is 6.08. The van der Waals surface area contributed by atoms with E-state index < -0.39 is 0 Å². The average Bonchev–Trinajstić information content (AvgIpc) is 2.79. The highest BCUT2D eigenvalue weighted by Gasteiger charge is 2.17. The summed E-state index contributed by atoms with van der Waals surface area (Å²) in [5.41, 5.74) is 2.34. The molecule has 0 bridgehead atoms. The zero-order chi connectivity index (χ0) is 20.1. The lowest BCUT2D eigenvalue weighted by molar-refractivity contribution is -0.0109. The van der Waals surface area contributed by atoms with Crippen molar-refractivity contribution in [3.8, 4) is 16.9 Å². The smallest absolute Gasteiger partial charge is 0.196 e. The third-order valence-corrected chi connectivity index (χ3v) is 4.92. The lowest BCUT2D eigenvalue weighted by atomic mass is 10.00. The van der Waals surface area contributed by atoms with Gasteiger partial charge in [0, 0.05) is 30.1 Å². The number of carbonyl (C=O) groups excluding carboxylic acids is 1. The van der Waals surface area contributed by atoms with Gasteiger partial charge in [0.15, 0.2) is 5.78 Å². The van der Waals surface area contributed by atoms with E-state index in [2.05, 4.69) is 9.97 Å². The molecular formula is C23H21FN2O3. The fourth-order valence-corrected chi connectivity index (χ4v) is 3.36. The van der Waals surface area contributed by atoms with Gasteiger partial charge < -0.3 is 9.47 Å². The number of halogens is 1. The molecule has 4 rings (SSSR count). The van der Waals surface area contributed by atoms with Crippen LogP contribution in [0.3, 0.4) is 0 Å². The Morgan fingerprint density at radius 1 is 1.07 bits per heavy atom. The van der Waals surface area contributed by atoms with Crippen LogP contribution >= 0.6 is 0 Å². The van der Waals surface area contributed by atoms with E-state index in [4.69, 9.17) is 9.47 Å². The molecule has 1 aliphatic rings. The number of hydrogen-bond acceptors (Lipinski definition) is 5. The lowest BCUT2D eigenvalue weighted by Gasteiger charge is -2.23. The van der Waals surface area contributed by atoms with E-state index in [1.165, 1.54) is 30.9 Å². The Kier molecular flexibility index (Phi) is 5.91. The van der Waals surface area contributed by atoms with Crippen molar-refractivity contribution in [1.82, 2.24) is 9.97 Å². The van der Waals surface area contributed by atoms with Crippen molar-refractivity contribution >= 4 is 5.78 Å². The monoisotopic (exact) mass is 392 g/mol. The van der Waals surface area contributed by atoms with E-state index >= 15 is 0 Å². The summed E-state index contributed by atoms with van der Waals surface area (Å²) in [5.74, 6) is 0.0845. The zero-order valence-corrected chi connectivity index (χ0v) is 15.9. The molecule has 148 valence electrons. The average molecular weight is 392 g/mol. The largest absolute Gasteiger partial charge is 0.490 e. The minimum atomic E-state index is -0.345. The van der Waals surface area contributed by atoms with E-state index in [-0.39, 0.29) is 17.7 Å². The first-order chi connectivity index (χ1) is 14.2. The Bertz CT molecular complexity index is 971. The third-order valence-electron chi connectivity index (χ3n) is 4.92. The molecule has 1 fully saturated rings. The van der Waals surface area contributed by atoms with Gasteiger partial charge in [0.2, 0.25) is 0 Å². The summed E-state index contributed by atoms with van der Waals surface area (Å²) in [7, 11) is 0. The van der Waals surface area contributed by atoms with Crippen molar-refractivity contribution in [2.75, 3.05) is 13.2 Å². The Balaban J connectivity index is 1.54. The molecule has 6 heteroatoms. The number of rotatable bonds is 6. The van der Waals surface area contributed by atoms with E-state index in [1.807, 2.05) is 0 Å². The molecular weight excluding hydrogens is 371 g/mol. The number of carbonyl (C=O) groups is 1. The van der Waals surface area contributed by atoms with Crippen LogP contribution in [0.25, 0.3) is 11.1 Å². The molecule has 0 amide bonds. The molecule has 1 unspecified atom stereocenters. The van der Waals surface area contributed by atoms with Crippen LogP contribution in [0, 0.1) is 5.82 Å². The predicted octanol–water partition coefficient (Wildman–Crippen LogP) is 4.46. The van der Waals surface area contributed by atoms with Crippen LogP contribution in [0.5, 0.6) is 5.75 Å². The minimum Gasteiger partial charge on any atom is -0.490 e. The van der Waals surface area contributed by atoms with Gasteiger partial charge in [0.25, 0.3) is 0 Å². The Labute approximate surface area is 168 Å². The van der Waals surface area contributed by atoms with Crippen LogP contribution in [0.4, 0.5) is 4.39 Å². The van der Waals surface area contributed by atoms with Gasteiger partial charge in [-0.1, -0.05) is 24.3 Å². The van der Waals surface area contributed by atoms with Crippen LogP contribution in [0.2, 0.25) is 0 Å².